The van der Waals surface area contributed by atoms with Gasteiger partial charge in [-0.2, -0.15) is 0 Å². The smallest absolute Gasteiger partial charge is 0.338 e. The molecule has 49 heteroatoms. The van der Waals surface area contributed by atoms with E-state index in [1.807, 2.05) is 0 Å². The van der Waals surface area contributed by atoms with E-state index in [0.717, 1.165) is 27.7 Å². The molecule has 40 atom stereocenters. The van der Waals surface area contributed by atoms with Gasteiger partial charge in [0.25, 0.3) is 11.8 Å². The van der Waals surface area contributed by atoms with Crippen molar-refractivity contribution < 1.29 is 201 Å². The van der Waals surface area contributed by atoms with Crippen molar-refractivity contribution in [3.63, 3.8) is 0 Å². The Morgan fingerprint density at radius 2 is 0.606 bits per heavy atom. The van der Waals surface area contributed by atoms with Crippen LogP contribution in [-0.2, 0) is 119 Å². The average molecular weight is 1840 g/mol. The van der Waals surface area contributed by atoms with E-state index in [4.69, 9.17) is 92.0 Å². The summed E-state index contributed by atoms with van der Waals surface area (Å²) in [6.45, 7) is 19.5. The summed E-state index contributed by atoms with van der Waals surface area (Å²) in [7, 11) is 0. The van der Waals surface area contributed by atoms with Crippen molar-refractivity contribution in [3.05, 3.63) is 0 Å². The zero-order valence-electron chi connectivity index (χ0n) is 73.7. The minimum atomic E-state index is -2.49. The summed E-state index contributed by atoms with van der Waals surface area (Å²) in [6.07, 6.45) is -72.4. The Balaban J connectivity index is 1.05. The molecule has 0 aromatic rings. The zero-order valence-corrected chi connectivity index (χ0v) is 73.7. The average Bonchev–Trinajstić information content (AvgIpc) is 0.760. The molecule has 8 rings (SSSR count). The molecule has 0 aromatic carbocycles. The molecule has 732 valence electrons. The third-order valence-electron chi connectivity index (χ3n) is 22.2. The first-order valence-electron chi connectivity index (χ1n) is 42.1. The first kappa shape index (κ1) is 107. The lowest BCUT2D eigenvalue weighted by Crippen LogP contribution is -2.71. The van der Waals surface area contributed by atoms with Crippen LogP contribution in [-0.4, -0.2) is 438 Å². The minimum Gasteiger partial charge on any atom is -0.479 e. The predicted octanol–water partition coefficient (Wildman–Crippen LogP) is -11.5. The van der Waals surface area contributed by atoms with Gasteiger partial charge in [-0.05, 0) is 78.3 Å². The molecule has 8 saturated heterocycles. The molecule has 26 N–H and O–H groups in total. The van der Waals surface area contributed by atoms with Crippen molar-refractivity contribution in [2.45, 2.75) is 380 Å². The van der Waals surface area contributed by atoms with Crippen LogP contribution < -0.4 is 43.4 Å². The predicted molar refractivity (Wildman–Crippen MR) is 422 cm³/mol. The summed E-state index contributed by atoms with van der Waals surface area (Å²) < 4.78 is 104. The minimum absolute atomic E-state index is 0.0268. The number of aliphatic hydroxyl groups excluding tert-OH is 15. The molecule has 49 nitrogen and oxygen atoms in total. The maximum atomic E-state index is 15.0. The molecule has 127 heavy (non-hydrogen) atoms. The number of carbonyl (C=O) groups excluding carboxylic acids is 7. The van der Waals surface area contributed by atoms with Gasteiger partial charge in [0.1, 0.15) is 165 Å². The molecule has 8 aliphatic rings. The van der Waals surface area contributed by atoms with Crippen LogP contribution >= 0.6 is 0 Å². The quantitative estimate of drug-likeness (QED) is 0.0214. The molecule has 8 heterocycles. The molecule has 8 fully saturated rings. The molecule has 0 saturated carbocycles. The Morgan fingerprint density at radius 3 is 0.929 bits per heavy atom. The molecule has 0 radical (unpaired) electrons. The number of esters is 1. The van der Waals surface area contributed by atoms with Crippen LogP contribution in [0.1, 0.15) is 124 Å². The van der Waals surface area contributed by atoms with Crippen molar-refractivity contribution in [1.82, 2.24) is 31.9 Å². The van der Waals surface area contributed by atoms with Gasteiger partial charge in [0.05, 0.1) is 55.3 Å². The van der Waals surface area contributed by atoms with Gasteiger partial charge in [-0.3, -0.25) is 28.8 Å². The maximum Gasteiger partial charge on any atom is 0.338 e. The molecule has 6 amide bonds. The molecule has 40 unspecified atom stereocenters. The first-order valence-corrected chi connectivity index (χ1v) is 42.1. The molecule has 0 aromatic heterocycles. The Hall–Kier alpha value is -5.56. The number of carboxylic acid groups (broad SMARTS) is 1. The third kappa shape index (κ3) is 26.3. The van der Waals surface area contributed by atoms with Crippen LogP contribution in [0.2, 0.25) is 0 Å². The maximum absolute atomic E-state index is 15.0. The molecule has 0 aliphatic carbocycles. The number of aliphatic hydroxyl groups is 15. The number of hydrogen-bond acceptors (Lipinski definition) is 42. The van der Waals surface area contributed by atoms with Crippen molar-refractivity contribution in [2.75, 3.05) is 52.6 Å². The first-order chi connectivity index (χ1) is 59.1. The summed E-state index contributed by atoms with van der Waals surface area (Å²) in [5.74, 6) is -8.64. The normalized spacial score (nSPS) is 41.2. The van der Waals surface area contributed by atoms with Crippen molar-refractivity contribution in [2.24, 2.45) is 22.3 Å². The van der Waals surface area contributed by atoms with Crippen LogP contribution in [0.4, 0.5) is 0 Å². The third-order valence-corrected chi connectivity index (χ3v) is 22.2. The lowest BCUT2D eigenvalue weighted by Gasteiger charge is -2.51. The number of hydrogen-bond donors (Lipinski definition) is 24. The lowest BCUT2D eigenvalue weighted by atomic mass is 9.78. The highest BCUT2D eigenvalue weighted by molar-refractivity contribution is 5.82. The van der Waals surface area contributed by atoms with Crippen LogP contribution in [0.15, 0.2) is 0 Å². The zero-order chi connectivity index (χ0) is 95.0. The number of carboxylic acids is 1. The van der Waals surface area contributed by atoms with Gasteiger partial charge >= 0.3 is 11.9 Å². The van der Waals surface area contributed by atoms with Gasteiger partial charge in [-0.15, -0.1) is 0 Å². The summed E-state index contributed by atoms with van der Waals surface area (Å²) in [5, 5.41) is 202. The fourth-order valence-corrected chi connectivity index (χ4v) is 16.3. The number of nitrogens with one attached hydrogen (secondary N) is 6. The second-order valence-electron chi connectivity index (χ2n) is 36.9. The SMILES string of the molecule is CC(=O)NC1C(OC2C(C(=O)O)OC(OC3C(O)C(COC(=O)C4OC(OC5C(O)C(CO)OC(OC6C(C(=O)NCCCN)OC(OC7C(O)C(CO)OC(C(C)(C)C)C7NC(C)=O)C(O)C6O)C5NC(C)=O)C(O)C(O)C4OC(C)(C)C)OC(C(C)(C)C)C3NC(C)=O)C(O)C2O)OC(CO)C(O)C1OC1OC(C(=O)NCCCN)C(OC(C)(C)C)C(O)C1O. The lowest BCUT2D eigenvalue weighted by molar-refractivity contribution is -0.369. The van der Waals surface area contributed by atoms with E-state index < -0.39 is 341 Å². The van der Waals surface area contributed by atoms with Crippen molar-refractivity contribution >= 4 is 47.4 Å². The number of ether oxygens (including phenoxy) is 17. The Morgan fingerprint density at radius 1 is 0.331 bits per heavy atom. The highest BCUT2D eigenvalue weighted by Gasteiger charge is 2.63. The van der Waals surface area contributed by atoms with E-state index >= 15 is 4.79 Å². The fraction of sp³-hybridized carbons (Fsp3) is 0.897. The molecular formula is C78H134N8O41. The van der Waals surface area contributed by atoms with Crippen LogP contribution in [0.3, 0.4) is 0 Å². The van der Waals surface area contributed by atoms with Crippen LogP contribution in [0.5, 0.6) is 0 Å². The summed E-state index contributed by atoms with van der Waals surface area (Å²) >= 11 is 0. The number of rotatable bonds is 33. The largest absolute Gasteiger partial charge is 0.479 e. The fourth-order valence-electron chi connectivity index (χ4n) is 16.3. The van der Waals surface area contributed by atoms with Crippen molar-refractivity contribution in [3.8, 4) is 0 Å². The number of carbonyl (C=O) groups is 8. The van der Waals surface area contributed by atoms with Gasteiger partial charge in [-0.25, -0.2) is 9.59 Å². The number of amides is 6. The Kier molecular flexibility index (Phi) is 37.8. The summed E-state index contributed by atoms with van der Waals surface area (Å²) in [6, 6.07) is -6.63. The van der Waals surface area contributed by atoms with Gasteiger partial charge in [-0.1, -0.05) is 41.5 Å². The highest BCUT2D eigenvalue weighted by Crippen LogP contribution is 2.43. The van der Waals surface area contributed by atoms with Crippen molar-refractivity contribution in [1.29, 1.82) is 0 Å². The van der Waals surface area contributed by atoms with Gasteiger partial charge in [0.2, 0.25) is 23.6 Å². The Bertz CT molecular complexity index is 3600. The standard InChI is InChI=1S/C78H134N8O41/c1-27(90)83-35-51(39(94)31(23-87)112-63(35)75(5,6)7)116-71-47(102)43(98)55(59(122-71)65(106)81-21-17-19-79)120-69-37(85-29(3)92)54(41(96)32(24-88)114-69)119-74-50(105)46(101)58(127-78(14,15)16)62(125-74)68(110)111-26-34-42(97)52(36(84-28(2)91)64(113-34)76(8,9)10)117-73-48(103)44(99)56(61(124-73)67(108)109)121-70-38(86-30(4)93)53(40(95)33(25-89)115-70)118-72-49(104)45(100)57(126-77(11,12)13)60(123-72)66(107)82-22-18-20-80/h31-64,69-74,87-89,94-105H,17-26,79-80H2,1-16H3,(H,81,106)(H,82,107)(H,83,90)(H,84,91)(H,85,92)(H,86,93)(H,108,109). The van der Waals surface area contributed by atoms with E-state index in [9.17, 15) is 115 Å². The van der Waals surface area contributed by atoms with Gasteiger partial charge < -0.3 is 206 Å². The van der Waals surface area contributed by atoms with Crippen LogP contribution in [0, 0.1) is 10.8 Å². The monoisotopic (exact) mass is 1840 g/mol. The van der Waals surface area contributed by atoms with Crippen LogP contribution in [0.25, 0.3) is 0 Å². The topological polar surface area (TPSA) is 741 Å². The number of aliphatic carboxylic acids is 1. The van der Waals surface area contributed by atoms with E-state index in [0.29, 0.717) is 6.42 Å². The number of nitrogens with two attached hydrogens (primary N) is 2. The summed E-state index contributed by atoms with van der Waals surface area (Å²) in [5.41, 5.74) is 6.97. The van der Waals surface area contributed by atoms with E-state index in [-0.39, 0.29) is 32.6 Å². The second kappa shape index (κ2) is 45.0. The van der Waals surface area contributed by atoms with E-state index in [1.54, 1.807) is 62.3 Å². The molecule has 8 aliphatic heterocycles. The second-order valence-corrected chi connectivity index (χ2v) is 36.9. The molecule has 0 bridgehead atoms. The van der Waals surface area contributed by atoms with E-state index in [2.05, 4.69) is 31.9 Å². The molecular weight excluding hydrogens is 1700 g/mol. The molecule has 0 spiro atoms. The van der Waals surface area contributed by atoms with Gasteiger partial charge in [0, 0.05) is 40.8 Å². The van der Waals surface area contributed by atoms with Gasteiger partial charge in [0.15, 0.2) is 62.2 Å². The van der Waals surface area contributed by atoms with E-state index in [1.165, 1.54) is 20.8 Å². The highest BCUT2D eigenvalue weighted by atomic mass is 16.8. The summed E-state index contributed by atoms with van der Waals surface area (Å²) in [4.78, 5) is 109. The Labute approximate surface area is 732 Å².